The Hall–Kier alpha value is -1.06. The van der Waals surface area contributed by atoms with E-state index in [0.717, 1.165) is 18.9 Å². The highest BCUT2D eigenvalue weighted by Crippen LogP contribution is 2.20. The number of hydrogen-bond donors (Lipinski definition) is 3. The lowest BCUT2D eigenvalue weighted by atomic mass is 9.99. The van der Waals surface area contributed by atoms with Gasteiger partial charge in [-0.25, -0.2) is 4.79 Å². The molecule has 1 saturated heterocycles. The molecule has 1 heterocycles. The molecule has 0 spiro atoms. The lowest BCUT2D eigenvalue weighted by Gasteiger charge is -2.19. The minimum atomic E-state index is -0.751. The smallest absolute Gasteiger partial charge is 0.325 e. The summed E-state index contributed by atoms with van der Waals surface area (Å²) in [6.45, 7) is 9.97. The molecule has 0 saturated carbocycles. The molecule has 0 aromatic heterocycles. The first kappa shape index (κ1) is 22.9. The Morgan fingerprint density at radius 1 is 1.29 bits per heavy atom. The molecule has 3 amide bonds. The topological polar surface area (TPSA) is 85.8 Å². The molecule has 1 aliphatic rings. The number of imide groups is 1. The molecule has 0 radical (unpaired) electrons. The van der Waals surface area contributed by atoms with Gasteiger partial charge in [-0.3, -0.25) is 14.7 Å². The maximum Gasteiger partial charge on any atom is 0.325 e. The Morgan fingerprint density at radius 3 is 2.42 bits per heavy atom. The van der Waals surface area contributed by atoms with E-state index in [4.69, 9.17) is 0 Å². The second kappa shape index (κ2) is 10.7. The van der Waals surface area contributed by atoms with Gasteiger partial charge in [-0.2, -0.15) is 0 Å². The summed E-state index contributed by atoms with van der Waals surface area (Å²) in [6, 6.07) is -0.293. The van der Waals surface area contributed by atoms with Gasteiger partial charge in [0.05, 0.1) is 0 Å². The maximum atomic E-state index is 12.2. The van der Waals surface area contributed by atoms with E-state index in [1.54, 1.807) is 14.0 Å². The monoisotopic (exact) mass is 453 g/mol. The lowest BCUT2D eigenvalue weighted by Crippen LogP contribution is -2.43. The van der Waals surface area contributed by atoms with E-state index in [9.17, 15) is 9.59 Å². The number of carbonyl (C=O) groups is 2. The van der Waals surface area contributed by atoms with Crippen molar-refractivity contribution in [1.29, 1.82) is 0 Å². The van der Waals surface area contributed by atoms with E-state index >= 15 is 0 Å². The number of aliphatic imine (C=N–C) groups is 1. The first-order valence-electron chi connectivity index (χ1n) is 8.42. The molecule has 24 heavy (non-hydrogen) atoms. The molecule has 0 aromatic carbocycles. The van der Waals surface area contributed by atoms with Crippen molar-refractivity contribution in [2.75, 3.05) is 26.7 Å². The van der Waals surface area contributed by atoms with Crippen molar-refractivity contribution < 1.29 is 9.59 Å². The van der Waals surface area contributed by atoms with E-state index in [1.807, 2.05) is 6.92 Å². The van der Waals surface area contributed by atoms with Gasteiger partial charge in [0.15, 0.2) is 5.96 Å². The predicted octanol–water partition coefficient (Wildman–Crippen LogP) is 1.93. The number of guanidine groups is 1. The average molecular weight is 453 g/mol. The van der Waals surface area contributed by atoms with Gasteiger partial charge in [-0.1, -0.05) is 20.8 Å². The molecule has 1 fully saturated rings. The predicted molar refractivity (Wildman–Crippen MR) is 108 cm³/mol. The van der Waals surface area contributed by atoms with Gasteiger partial charge in [-0.05, 0) is 32.1 Å². The van der Waals surface area contributed by atoms with Crippen LogP contribution in [0.1, 0.15) is 47.0 Å². The van der Waals surface area contributed by atoms with Gasteiger partial charge in [0.1, 0.15) is 5.54 Å². The highest BCUT2D eigenvalue weighted by molar-refractivity contribution is 14.0. The fourth-order valence-electron chi connectivity index (χ4n) is 2.33. The zero-order chi connectivity index (χ0) is 17.5. The van der Waals surface area contributed by atoms with Crippen molar-refractivity contribution in [3.63, 3.8) is 0 Å². The fourth-order valence-corrected chi connectivity index (χ4v) is 2.33. The summed E-state index contributed by atoms with van der Waals surface area (Å²) < 4.78 is 0. The van der Waals surface area contributed by atoms with Crippen LogP contribution in [0.25, 0.3) is 0 Å². The Labute approximate surface area is 162 Å². The molecule has 0 bridgehead atoms. The Balaban J connectivity index is 0.00000529. The number of hydrogen-bond acceptors (Lipinski definition) is 3. The van der Waals surface area contributed by atoms with Crippen molar-refractivity contribution in [2.24, 2.45) is 10.9 Å². The normalized spacial score (nSPS) is 20.9. The van der Waals surface area contributed by atoms with Crippen molar-refractivity contribution >= 4 is 41.9 Å². The number of nitrogens with zero attached hydrogens (tertiary/aromatic N) is 2. The Bertz CT molecular complexity index is 456. The molecular formula is C16H32IN5O2. The standard InChI is InChI=1S/C16H31N5O2.HI/c1-6-16(4)13(22)21(15(23)20-16)11-7-9-18-14(17-5)19-10-8-12(2)3;/h12H,6-11H2,1-5H3,(H,20,23)(H2,17,18,19);1H. The molecular weight excluding hydrogens is 421 g/mol. The van der Waals surface area contributed by atoms with Crippen LogP contribution in [0.3, 0.4) is 0 Å². The summed E-state index contributed by atoms with van der Waals surface area (Å²) in [5.41, 5.74) is -0.751. The van der Waals surface area contributed by atoms with Crippen LogP contribution < -0.4 is 16.0 Å². The quantitative estimate of drug-likeness (QED) is 0.172. The van der Waals surface area contributed by atoms with Gasteiger partial charge < -0.3 is 16.0 Å². The summed E-state index contributed by atoms with van der Waals surface area (Å²) in [5.74, 6) is 1.26. The summed E-state index contributed by atoms with van der Waals surface area (Å²) in [5, 5.41) is 9.21. The largest absolute Gasteiger partial charge is 0.356 e. The van der Waals surface area contributed by atoms with Crippen LogP contribution in [-0.2, 0) is 4.79 Å². The summed E-state index contributed by atoms with van der Waals surface area (Å²) in [6.07, 6.45) is 2.36. The summed E-state index contributed by atoms with van der Waals surface area (Å²) in [7, 11) is 1.73. The fraction of sp³-hybridized carbons (Fsp3) is 0.812. The molecule has 7 nitrogen and oxygen atoms in total. The first-order valence-corrected chi connectivity index (χ1v) is 8.42. The third-order valence-electron chi connectivity index (χ3n) is 4.14. The summed E-state index contributed by atoms with van der Waals surface area (Å²) in [4.78, 5) is 29.6. The van der Waals surface area contributed by atoms with Crippen LogP contribution in [0.5, 0.6) is 0 Å². The molecule has 3 N–H and O–H groups in total. The highest BCUT2D eigenvalue weighted by Gasteiger charge is 2.45. The maximum absolute atomic E-state index is 12.2. The first-order chi connectivity index (χ1) is 10.8. The van der Waals surface area contributed by atoms with Gasteiger partial charge >= 0.3 is 6.03 Å². The third kappa shape index (κ3) is 6.45. The van der Waals surface area contributed by atoms with Gasteiger partial charge in [0.2, 0.25) is 0 Å². The zero-order valence-corrected chi connectivity index (χ0v) is 17.8. The molecule has 1 unspecified atom stereocenters. The van der Waals surface area contributed by atoms with Gasteiger partial charge in [0.25, 0.3) is 5.91 Å². The number of rotatable bonds is 8. The van der Waals surface area contributed by atoms with E-state index < -0.39 is 5.54 Å². The number of carbonyl (C=O) groups excluding carboxylic acids is 2. The van der Waals surface area contributed by atoms with Crippen molar-refractivity contribution in [2.45, 2.75) is 52.5 Å². The highest BCUT2D eigenvalue weighted by atomic mass is 127. The van der Waals surface area contributed by atoms with Crippen LogP contribution in [0, 0.1) is 5.92 Å². The molecule has 1 atom stereocenters. The van der Waals surface area contributed by atoms with Crippen LogP contribution >= 0.6 is 24.0 Å². The minimum Gasteiger partial charge on any atom is -0.356 e. The van der Waals surface area contributed by atoms with Crippen molar-refractivity contribution in [1.82, 2.24) is 20.9 Å². The minimum absolute atomic E-state index is 0. The second-order valence-electron chi connectivity index (χ2n) is 6.53. The van der Waals surface area contributed by atoms with Crippen LogP contribution in [0.15, 0.2) is 4.99 Å². The number of amides is 3. The van der Waals surface area contributed by atoms with Crippen LogP contribution in [0.4, 0.5) is 4.79 Å². The molecule has 0 aromatic rings. The molecule has 1 aliphatic heterocycles. The molecule has 1 rings (SSSR count). The third-order valence-corrected chi connectivity index (χ3v) is 4.14. The van der Waals surface area contributed by atoms with E-state index in [-0.39, 0.29) is 35.9 Å². The van der Waals surface area contributed by atoms with Crippen LogP contribution in [-0.4, -0.2) is 55.0 Å². The second-order valence-corrected chi connectivity index (χ2v) is 6.53. The number of urea groups is 1. The summed E-state index contributed by atoms with van der Waals surface area (Å²) >= 11 is 0. The number of halogens is 1. The van der Waals surface area contributed by atoms with E-state index in [2.05, 4.69) is 34.8 Å². The zero-order valence-electron chi connectivity index (χ0n) is 15.4. The lowest BCUT2D eigenvalue weighted by molar-refractivity contribution is -0.130. The van der Waals surface area contributed by atoms with Gasteiger partial charge in [-0.15, -0.1) is 24.0 Å². The van der Waals surface area contributed by atoms with E-state index in [0.29, 0.717) is 31.8 Å². The van der Waals surface area contributed by atoms with Gasteiger partial charge in [0, 0.05) is 26.7 Å². The molecule has 8 heteroatoms. The number of nitrogens with one attached hydrogen (secondary N) is 3. The van der Waals surface area contributed by atoms with Crippen molar-refractivity contribution in [3.05, 3.63) is 0 Å². The molecule has 0 aliphatic carbocycles. The Kier molecular flexibility index (Phi) is 10.3. The van der Waals surface area contributed by atoms with E-state index in [1.165, 1.54) is 4.90 Å². The van der Waals surface area contributed by atoms with Crippen LogP contribution in [0.2, 0.25) is 0 Å². The Morgan fingerprint density at radius 2 is 1.92 bits per heavy atom. The average Bonchev–Trinajstić information content (AvgIpc) is 2.72. The SMILES string of the molecule is CCC1(C)NC(=O)N(CCCNC(=NC)NCCC(C)C)C1=O.I. The van der Waals surface area contributed by atoms with Crippen molar-refractivity contribution in [3.8, 4) is 0 Å². The molecule has 140 valence electrons.